The molecule has 2 atom stereocenters. The van der Waals surface area contributed by atoms with Crippen molar-refractivity contribution in [2.75, 3.05) is 12.9 Å². The van der Waals surface area contributed by atoms with Crippen molar-refractivity contribution < 1.29 is 31.9 Å². The molecule has 2 aromatic carbocycles. The summed E-state index contributed by atoms with van der Waals surface area (Å²) >= 11 is 0. The minimum Gasteiger partial charge on any atom is -0.467 e. The number of sulfone groups is 1. The highest BCUT2D eigenvalue weighted by Gasteiger charge is 2.28. The fraction of sp³-hybridized carbons (Fsp3) is 0.318. The van der Waals surface area contributed by atoms with Crippen molar-refractivity contribution in [2.24, 2.45) is 0 Å². The fourth-order valence-corrected chi connectivity index (χ4v) is 4.35. The van der Waals surface area contributed by atoms with Gasteiger partial charge in [0.1, 0.15) is 17.9 Å². The zero-order valence-electron chi connectivity index (χ0n) is 17.7. The molecule has 0 aliphatic heterocycles. The van der Waals surface area contributed by atoms with Crippen LogP contribution in [-0.2, 0) is 35.4 Å². The zero-order valence-corrected chi connectivity index (χ0v) is 18.5. The molecule has 0 aromatic heterocycles. The zero-order chi connectivity index (χ0) is 23.7. The Balaban J connectivity index is 2.13. The number of rotatable bonds is 10. The Hall–Kier alpha value is -3.27. The van der Waals surface area contributed by atoms with Crippen LogP contribution >= 0.6 is 0 Å². The number of methoxy groups -OCH3 is 1. The van der Waals surface area contributed by atoms with Crippen LogP contribution in [0.2, 0.25) is 0 Å². The van der Waals surface area contributed by atoms with Crippen LogP contribution in [0, 0.1) is 5.82 Å². The van der Waals surface area contributed by atoms with Gasteiger partial charge in [-0.15, -0.1) is 0 Å². The van der Waals surface area contributed by atoms with E-state index < -0.39 is 51.3 Å². The largest absolute Gasteiger partial charge is 0.467 e. The van der Waals surface area contributed by atoms with Crippen LogP contribution in [0.1, 0.15) is 18.9 Å². The van der Waals surface area contributed by atoms with Gasteiger partial charge < -0.3 is 15.4 Å². The third-order valence-corrected chi connectivity index (χ3v) is 6.39. The van der Waals surface area contributed by atoms with E-state index in [2.05, 4.69) is 10.6 Å². The van der Waals surface area contributed by atoms with Crippen molar-refractivity contribution in [3.05, 3.63) is 66.0 Å². The molecule has 2 amide bonds. The van der Waals surface area contributed by atoms with Gasteiger partial charge in [0.15, 0.2) is 9.84 Å². The lowest BCUT2D eigenvalue weighted by atomic mass is 10.0. The van der Waals surface area contributed by atoms with Gasteiger partial charge in [0.05, 0.1) is 17.8 Å². The Labute approximate surface area is 186 Å². The van der Waals surface area contributed by atoms with Crippen molar-refractivity contribution in [3.63, 3.8) is 0 Å². The summed E-state index contributed by atoms with van der Waals surface area (Å²) in [4.78, 5) is 36.7. The van der Waals surface area contributed by atoms with E-state index in [1.165, 1.54) is 43.3 Å². The second-order valence-corrected chi connectivity index (χ2v) is 9.20. The molecule has 0 unspecified atom stereocenters. The molecular weight excluding hydrogens is 439 g/mol. The third kappa shape index (κ3) is 7.45. The second kappa shape index (κ2) is 11.4. The van der Waals surface area contributed by atoms with E-state index in [0.29, 0.717) is 5.56 Å². The molecule has 0 bridgehead atoms. The van der Waals surface area contributed by atoms with E-state index in [9.17, 15) is 27.2 Å². The van der Waals surface area contributed by atoms with Crippen molar-refractivity contribution in [2.45, 2.75) is 36.7 Å². The maximum Gasteiger partial charge on any atom is 0.328 e. The van der Waals surface area contributed by atoms with Gasteiger partial charge >= 0.3 is 5.97 Å². The molecule has 0 heterocycles. The van der Waals surface area contributed by atoms with Crippen LogP contribution < -0.4 is 10.6 Å². The molecule has 10 heteroatoms. The molecule has 32 heavy (non-hydrogen) atoms. The summed E-state index contributed by atoms with van der Waals surface area (Å²) in [6, 6.07) is 10.8. The first kappa shape index (κ1) is 25.0. The number of halogens is 1. The molecule has 2 aromatic rings. The first-order valence-electron chi connectivity index (χ1n) is 9.80. The van der Waals surface area contributed by atoms with Gasteiger partial charge in [-0.05, 0) is 36.2 Å². The Morgan fingerprint density at radius 3 is 2.16 bits per heavy atom. The Kier molecular flexibility index (Phi) is 8.89. The van der Waals surface area contributed by atoms with Crippen LogP contribution in [0.4, 0.5) is 4.39 Å². The summed E-state index contributed by atoms with van der Waals surface area (Å²) in [6.07, 6.45) is -0.180. The van der Waals surface area contributed by atoms with Gasteiger partial charge in [0.2, 0.25) is 11.8 Å². The van der Waals surface area contributed by atoms with Crippen LogP contribution in [-0.4, -0.2) is 51.1 Å². The lowest BCUT2D eigenvalue weighted by Gasteiger charge is -2.22. The average molecular weight is 465 g/mol. The molecule has 0 spiro atoms. The minimum atomic E-state index is -3.69. The summed E-state index contributed by atoms with van der Waals surface area (Å²) in [5.41, 5.74) is 0.585. The quantitative estimate of drug-likeness (QED) is 0.513. The summed E-state index contributed by atoms with van der Waals surface area (Å²) in [5.74, 6) is -2.84. The van der Waals surface area contributed by atoms with E-state index in [0.717, 1.165) is 7.11 Å². The third-order valence-electron chi connectivity index (χ3n) is 4.63. The topological polar surface area (TPSA) is 119 Å². The van der Waals surface area contributed by atoms with Crippen molar-refractivity contribution in [3.8, 4) is 0 Å². The highest BCUT2D eigenvalue weighted by Crippen LogP contribution is 2.13. The number of carbonyl (C=O) groups is 3. The lowest BCUT2D eigenvalue weighted by Crippen LogP contribution is -2.52. The first-order chi connectivity index (χ1) is 15.1. The Bertz CT molecular complexity index is 1040. The standard InChI is InChI=1S/C22H25FN2O6S/c1-15(26)24-20(14-16-8-10-17(23)11-9-16)21(27)25-19(22(28)31-2)12-13-32(29,30)18-6-4-3-5-7-18/h3-11,19-20H,12-14H2,1-2H3,(H,24,26)(H,25,27)/t19-,20-/m1/s1. The highest BCUT2D eigenvalue weighted by molar-refractivity contribution is 7.91. The second-order valence-electron chi connectivity index (χ2n) is 7.09. The smallest absolute Gasteiger partial charge is 0.328 e. The Morgan fingerprint density at radius 2 is 1.59 bits per heavy atom. The predicted molar refractivity (Wildman–Crippen MR) is 115 cm³/mol. The predicted octanol–water partition coefficient (Wildman–Crippen LogP) is 1.39. The highest BCUT2D eigenvalue weighted by atomic mass is 32.2. The van der Waals surface area contributed by atoms with E-state index >= 15 is 0 Å². The van der Waals surface area contributed by atoms with Gasteiger partial charge in [-0.2, -0.15) is 0 Å². The number of carbonyl (C=O) groups excluding carboxylic acids is 3. The fourth-order valence-electron chi connectivity index (χ4n) is 2.99. The minimum absolute atomic E-state index is 0.0436. The molecule has 0 aliphatic carbocycles. The maximum atomic E-state index is 13.1. The van der Waals surface area contributed by atoms with Crippen LogP contribution in [0.5, 0.6) is 0 Å². The summed E-state index contributed by atoms with van der Waals surface area (Å²) in [7, 11) is -2.57. The van der Waals surface area contributed by atoms with Crippen molar-refractivity contribution in [1.29, 1.82) is 0 Å². The number of benzene rings is 2. The number of nitrogens with one attached hydrogen (secondary N) is 2. The molecule has 0 radical (unpaired) electrons. The SMILES string of the molecule is COC(=O)[C@@H](CCS(=O)(=O)c1ccccc1)NC(=O)[C@@H](Cc1ccc(F)cc1)NC(C)=O. The molecule has 0 aliphatic rings. The number of esters is 1. The van der Waals surface area contributed by atoms with Crippen molar-refractivity contribution >= 4 is 27.6 Å². The van der Waals surface area contributed by atoms with Gasteiger partial charge in [0.25, 0.3) is 0 Å². The Morgan fingerprint density at radius 1 is 0.969 bits per heavy atom. The first-order valence-corrected chi connectivity index (χ1v) is 11.4. The van der Waals surface area contributed by atoms with Crippen molar-refractivity contribution in [1.82, 2.24) is 10.6 Å². The molecule has 2 rings (SSSR count). The molecule has 172 valence electrons. The molecule has 8 nitrogen and oxygen atoms in total. The van der Waals surface area contributed by atoms with Gasteiger partial charge in [-0.3, -0.25) is 9.59 Å². The van der Waals surface area contributed by atoms with Crippen LogP contribution in [0.25, 0.3) is 0 Å². The lowest BCUT2D eigenvalue weighted by molar-refractivity contribution is -0.145. The maximum absolute atomic E-state index is 13.1. The van der Waals surface area contributed by atoms with Crippen LogP contribution in [0.15, 0.2) is 59.5 Å². The summed E-state index contributed by atoms with van der Waals surface area (Å²) in [6.45, 7) is 1.23. The van der Waals surface area contributed by atoms with E-state index in [1.54, 1.807) is 18.2 Å². The van der Waals surface area contributed by atoms with Gasteiger partial charge in [0, 0.05) is 13.3 Å². The number of ether oxygens (including phenoxy) is 1. The molecule has 0 saturated heterocycles. The molecular formula is C22H25FN2O6S. The van der Waals surface area contributed by atoms with Gasteiger partial charge in [-0.25, -0.2) is 17.6 Å². The number of hydrogen-bond acceptors (Lipinski definition) is 6. The average Bonchev–Trinajstić information content (AvgIpc) is 2.77. The van der Waals surface area contributed by atoms with E-state index in [4.69, 9.17) is 4.74 Å². The number of hydrogen-bond donors (Lipinski definition) is 2. The van der Waals surface area contributed by atoms with E-state index in [-0.39, 0.29) is 17.7 Å². The number of amides is 2. The summed E-state index contributed by atoms with van der Waals surface area (Å²) < 4.78 is 42.9. The molecule has 2 N–H and O–H groups in total. The monoisotopic (exact) mass is 464 g/mol. The van der Waals surface area contributed by atoms with Gasteiger partial charge in [-0.1, -0.05) is 30.3 Å². The normalized spacial score (nSPS) is 13.0. The molecule has 0 fully saturated rings. The summed E-state index contributed by atoms with van der Waals surface area (Å²) in [5, 5.41) is 4.95. The van der Waals surface area contributed by atoms with Crippen LogP contribution in [0.3, 0.4) is 0 Å². The molecule has 0 saturated carbocycles. The van der Waals surface area contributed by atoms with E-state index in [1.807, 2.05) is 0 Å².